The molecule has 0 atom stereocenters. The van der Waals surface area contributed by atoms with Gasteiger partial charge in [-0.3, -0.25) is 4.79 Å². The standard InChI is InChI=1S/C17H11BrN2O3/c18-14-4-2-1-3-11(14)7-12(9-19)17(21)20-13-5-6-15-16(8-13)23-10-22-15/h1-8H,10H2,(H,20,21)/b12-7+. The summed E-state index contributed by atoms with van der Waals surface area (Å²) in [6.07, 6.45) is 1.53. The van der Waals surface area contributed by atoms with Crippen LogP contribution in [0.15, 0.2) is 52.5 Å². The Hall–Kier alpha value is -2.78. The Morgan fingerprint density at radius 2 is 2.00 bits per heavy atom. The van der Waals surface area contributed by atoms with E-state index in [-0.39, 0.29) is 12.4 Å². The van der Waals surface area contributed by atoms with Gasteiger partial charge in [0.25, 0.3) is 5.91 Å². The fourth-order valence-electron chi connectivity index (χ4n) is 2.07. The average molecular weight is 371 g/mol. The van der Waals surface area contributed by atoms with E-state index in [1.54, 1.807) is 18.2 Å². The van der Waals surface area contributed by atoms with E-state index in [2.05, 4.69) is 21.2 Å². The number of nitriles is 1. The molecule has 0 saturated heterocycles. The van der Waals surface area contributed by atoms with Crippen molar-refractivity contribution in [2.45, 2.75) is 0 Å². The van der Waals surface area contributed by atoms with Gasteiger partial charge >= 0.3 is 0 Å². The third-order valence-electron chi connectivity index (χ3n) is 3.20. The van der Waals surface area contributed by atoms with Crippen molar-refractivity contribution in [3.05, 3.63) is 58.1 Å². The van der Waals surface area contributed by atoms with Crippen LogP contribution >= 0.6 is 15.9 Å². The number of fused-ring (bicyclic) bond motifs is 1. The van der Waals surface area contributed by atoms with E-state index >= 15 is 0 Å². The van der Waals surface area contributed by atoms with Crippen LogP contribution in [0.4, 0.5) is 5.69 Å². The van der Waals surface area contributed by atoms with E-state index in [4.69, 9.17) is 9.47 Å². The maximum Gasteiger partial charge on any atom is 0.266 e. The molecule has 2 aromatic rings. The Bertz CT molecular complexity index is 840. The molecule has 0 aromatic heterocycles. The molecule has 2 aromatic carbocycles. The van der Waals surface area contributed by atoms with Crippen molar-refractivity contribution in [2.75, 3.05) is 12.1 Å². The van der Waals surface area contributed by atoms with Gasteiger partial charge in [-0.25, -0.2) is 0 Å². The smallest absolute Gasteiger partial charge is 0.266 e. The number of halogens is 1. The van der Waals surface area contributed by atoms with Crippen molar-refractivity contribution in [2.24, 2.45) is 0 Å². The summed E-state index contributed by atoms with van der Waals surface area (Å²) in [5, 5.41) is 11.9. The SMILES string of the molecule is N#C/C(=C\c1ccccc1Br)C(=O)Nc1ccc2c(c1)OCO2. The fraction of sp³-hybridized carbons (Fsp3) is 0.0588. The lowest BCUT2D eigenvalue weighted by atomic mass is 10.1. The first-order chi connectivity index (χ1) is 11.2. The number of benzene rings is 2. The van der Waals surface area contributed by atoms with Gasteiger partial charge in [-0.2, -0.15) is 5.26 Å². The number of carbonyl (C=O) groups excluding carboxylic acids is 1. The molecular formula is C17H11BrN2O3. The van der Waals surface area contributed by atoms with Gasteiger partial charge in [-0.05, 0) is 29.8 Å². The van der Waals surface area contributed by atoms with E-state index in [0.717, 1.165) is 10.0 Å². The zero-order valence-electron chi connectivity index (χ0n) is 11.9. The molecule has 0 spiro atoms. The molecule has 1 N–H and O–H groups in total. The second kappa shape index (κ2) is 6.55. The number of nitrogens with zero attached hydrogens (tertiary/aromatic N) is 1. The minimum Gasteiger partial charge on any atom is -0.454 e. The second-order valence-electron chi connectivity index (χ2n) is 4.71. The van der Waals surface area contributed by atoms with Gasteiger partial charge in [0.15, 0.2) is 11.5 Å². The third kappa shape index (κ3) is 3.35. The summed E-state index contributed by atoms with van der Waals surface area (Å²) in [5.41, 5.74) is 1.30. The molecule has 0 radical (unpaired) electrons. The van der Waals surface area contributed by atoms with Gasteiger partial charge < -0.3 is 14.8 Å². The number of carbonyl (C=O) groups is 1. The number of ether oxygens (including phenoxy) is 2. The molecule has 3 rings (SSSR count). The monoisotopic (exact) mass is 370 g/mol. The largest absolute Gasteiger partial charge is 0.454 e. The highest BCUT2D eigenvalue weighted by Gasteiger charge is 2.15. The summed E-state index contributed by atoms with van der Waals surface area (Å²) in [6, 6.07) is 14.3. The van der Waals surface area contributed by atoms with Gasteiger partial charge in [-0.1, -0.05) is 34.1 Å². The van der Waals surface area contributed by atoms with Gasteiger partial charge in [0.2, 0.25) is 6.79 Å². The molecule has 1 amide bonds. The quantitative estimate of drug-likeness (QED) is 0.659. The normalized spacial score (nSPS) is 12.6. The van der Waals surface area contributed by atoms with Crippen LogP contribution in [0.3, 0.4) is 0 Å². The molecule has 6 heteroatoms. The van der Waals surface area contributed by atoms with Crippen LogP contribution in [0.2, 0.25) is 0 Å². The van der Waals surface area contributed by atoms with Crippen molar-refractivity contribution < 1.29 is 14.3 Å². The van der Waals surface area contributed by atoms with Crippen LogP contribution in [0.25, 0.3) is 6.08 Å². The molecule has 0 fully saturated rings. The summed E-state index contributed by atoms with van der Waals surface area (Å²) in [5.74, 6) is 0.713. The van der Waals surface area contributed by atoms with Gasteiger partial charge in [0.05, 0.1) is 0 Å². The van der Waals surface area contributed by atoms with E-state index in [1.165, 1.54) is 6.08 Å². The molecular weight excluding hydrogens is 360 g/mol. The van der Waals surface area contributed by atoms with Gasteiger partial charge in [0, 0.05) is 16.2 Å². The predicted molar refractivity (Wildman–Crippen MR) is 88.9 cm³/mol. The summed E-state index contributed by atoms with van der Waals surface area (Å²) >= 11 is 3.39. The maximum absolute atomic E-state index is 12.3. The van der Waals surface area contributed by atoms with Crippen molar-refractivity contribution in [1.82, 2.24) is 0 Å². The van der Waals surface area contributed by atoms with Crippen molar-refractivity contribution in [1.29, 1.82) is 5.26 Å². The minimum atomic E-state index is -0.484. The number of hydrogen-bond acceptors (Lipinski definition) is 4. The topological polar surface area (TPSA) is 71.4 Å². The lowest BCUT2D eigenvalue weighted by Crippen LogP contribution is -2.13. The number of amides is 1. The zero-order valence-corrected chi connectivity index (χ0v) is 13.5. The predicted octanol–water partition coefficient (Wildman–Crippen LogP) is 3.72. The van der Waals surface area contributed by atoms with Crippen molar-refractivity contribution in [3.63, 3.8) is 0 Å². The first-order valence-electron chi connectivity index (χ1n) is 6.75. The Morgan fingerprint density at radius 3 is 2.78 bits per heavy atom. The van der Waals surface area contributed by atoms with Crippen LogP contribution in [-0.4, -0.2) is 12.7 Å². The summed E-state index contributed by atoms with van der Waals surface area (Å²) in [6.45, 7) is 0.165. The average Bonchev–Trinajstić information content (AvgIpc) is 3.01. The summed E-state index contributed by atoms with van der Waals surface area (Å²) < 4.78 is 11.3. The van der Waals surface area contributed by atoms with E-state index < -0.39 is 5.91 Å². The Balaban J connectivity index is 1.81. The molecule has 0 bridgehead atoms. The number of nitrogens with one attached hydrogen (secondary N) is 1. The van der Waals surface area contributed by atoms with Gasteiger partial charge in [-0.15, -0.1) is 0 Å². The number of rotatable bonds is 3. The zero-order chi connectivity index (χ0) is 16.2. The molecule has 0 unspecified atom stereocenters. The molecule has 0 saturated carbocycles. The lowest BCUT2D eigenvalue weighted by Gasteiger charge is -2.06. The Labute approximate surface area is 141 Å². The molecule has 1 aliphatic rings. The molecule has 1 heterocycles. The van der Waals surface area contributed by atoms with Crippen LogP contribution in [0.5, 0.6) is 11.5 Å². The lowest BCUT2D eigenvalue weighted by molar-refractivity contribution is -0.112. The summed E-state index contributed by atoms with van der Waals surface area (Å²) in [4.78, 5) is 12.3. The molecule has 114 valence electrons. The summed E-state index contributed by atoms with van der Waals surface area (Å²) in [7, 11) is 0. The Morgan fingerprint density at radius 1 is 1.22 bits per heavy atom. The molecule has 0 aliphatic carbocycles. The van der Waals surface area contributed by atoms with Crippen LogP contribution < -0.4 is 14.8 Å². The number of hydrogen-bond donors (Lipinski definition) is 1. The fourth-order valence-corrected chi connectivity index (χ4v) is 2.47. The van der Waals surface area contributed by atoms with Crippen LogP contribution in [-0.2, 0) is 4.79 Å². The second-order valence-corrected chi connectivity index (χ2v) is 5.57. The third-order valence-corrected chi connectivity index (χ3v) is 3.92. The van der Waals surface area contributed by atoms with Crippen LogP contribution in [0.1, 0.15) is 5.56 Å². The molecule has 23 heavy (non-hydrogen) atoms. The highest BCUT2D eigenvalue weighted by molar-refractivity contribution is 9.10. The van der Waals surface area contributed by atoms with Crippen LogP contribution in [0, 0.1) is 11.3 Å². The maximum atomic E-state index is 12.3. The van der Waals surface area contributed by atoms with E-state index in [1.807, 2.05) is 30.3 Å². The van der Waals surface area contributed by atoms with Gasteiger partial charge in [0.1, 0.15) is 11.6 Å². The highest BCUT2D eigenvalue weighted by atomic mass is 79.9. The molecule has 5 nitrogen and oxygen atoms in total. The first-order valence-corrected chi connectivity index (χ1v) is 7.54. The highest BCUT2D eigenvalue weighted by Crippen LogP contribution is 2.34. The van der Waals surface area contributed by atoms with E-state index in [9.17, 15) is 10.1 Å². The van der Waals surface area contributed by atoms with E-state index in [0.29, 0.717) is 17.2 Å². The molecule has 1 aliphatic heterocycles. The van der Waals surface area contributed by atoms with Crippen molar-refractivity contribution in [3.8, 4) is 17.6 Å². The number of anilines is 1. The Kier molecular flexibility index (Phi) is 4.31. The van der Waals surface area contributed by atoms with Crippen molar-refractivity contribution >= 4 is 33.6 Å². The minimum absolute atomic E-state index is 0.00886. The first kappa shape index (κ1) is 15.1.